The molecule has 26 heavy (non-hydrogen) atoms. The Morgan fingerprint density at radius 3 is 2.69 bits per heavy atom. The molecule has 0 aliphatic heterocycles. The second-order valence-electron chi connectivity index (χ2n) is 5.82. The Morgan fingerprint density at radius 2 is 2.00 bits per heavy atom. The van der Waals surface area contributed by atoms with Crippen LogP contribution in [0.25, 0.3) is 14.8 Å². The van der Waals surface area contributed by atoms with Crippen LogP contribution in [0.2, 0.25) is 5.02 Å². The molecule has 3 heterocycles. The van der Waals surface area contributed by atoms with Crippen LogP contribution in [0.4, 0.5) is 0 Å². The van der Waals surface area contributed by atoms with Gasteiger partial charge in [0.2, 0.25) is 4.96 Å². The third-order valence-electron chi connectivity index (χ3n) is 3.83. The molecule has 0 saturated carbocycles. The zero-order valence-electron chi connectivity index (χ0n) is 14.0. The van der Waals surface area contributed by atoms with Crippen molar-refractivity contribution in [3.8, 4) is 15.6 Å². The highest BCUT2D eigenvalue weighted by atomic mass is 35.5. The lowest BCUT2D eigenvalue weighted by Gasteiger charge is -2.09. The normalized spacial score (nSPS) is 11.2. The van der Waals surface area contributed by atoms with E-state index >= 15 is 0 Å². The molecule has 3 aromatic heterocycles. The Labute approximate surface area is 162 Å². The number of hydrogen-bond donors (Lipinski definition) is 0. The first-order valence-corrected chi connectivity index (χ1v) is 9.92. The van der Waals surface area contributed by atoms with Crippen molar-refractivity contribution in [1.82, 2.24) is 14.6 Å². The van der Waals surface area contributed by atoms with E-state index in [9.17, 15) is 4.79 Å². The zero-order valence-corrected chi connectivity index (χ0v) is 16.4. The lowest BCUT2D eigenvalue weighted by molar-refractivity contribution is 0.301. The summed E-state index contributed by atoms with van der Waals surface area (Å²) >= 11 is 9.15. The average Bonchev–Trinajstić information content (AvgIpc) is 3.27. The van der Waals surface area contributed by atoms with Gasteiger partial charge < -0.3 is 4.74 Å². The fourth-order valence-electron chi connectivity index (χ4n) is 2.58. The summed E-state index contributed by atoms with van der Waals surface area (Å²) in [6.07, 6.45) is 0. The zero-order chi connectivity index (χ0) is 18.3. The van der Waals surface area contributed by atoms with E-state index in [1.807, 2.05) is 43.5 Å². The van der Waals surface area contributed by atoms with E-state index in [4.69, 9.17) is 16.3 Å². The Kier molecular flexibility index (Phi) is 4.52. The lowest BCUT2D eigenvalue weighted by atomic mass is 10.1. The topological polar surface area (TPSA) is 56.5 Å². The molecule has 0 saturated heterocycles. The van der Waals surface area contributed by atoms with Gasteiger partial charge in [-0.25, -0.2) is 4.98 Å². The van der Waals surface area contributed by atoms with Crippen LogP contribution in [-0.2, 0) is 6.61 Å². The molecule has 4 rings (SSSR count). The van der Waals surface area contributed by atoms with Crippen molar-refractivity contribution in [2.45, 2.75) is 20.5 Å². The second kappa shape index (κ2) is 6.83. The molecule has 5 nitrogen and oxygen atoms in total. The van der Waals surface area contributed by atoms with E-state index in [1.54, 1.807) is 11.3 Å². The third kappa shape index (κ3) is 3.25. The van der Waals surface area contributed by atoms with Crippen molar-refractivity contribution in [2.75, 3.05) is 0 Å². The SMILES string of the molecule is Cc1cc(OCc2cc(=O)n3nc(-c4cccs4)sc3n2)cc(C)c1Cl. The molecule has 8 heteroatoms. The molecule has 0 unspecified atom stereocenters. The van der Waals surface area contributed by atoms with Gasteiger partial charge in [-0.3, -0.25) is 4.79 Å². The summed E-state index contributed by atoms with van der Waals surface area (Å²) in [5, 5.41) is 7.86. The smallest absolute Gasteiger partial charge is 0.275 e. The summed E-state index contributed by atoms with van der Waals surface area (Å²) < 4.78 is 7.14. The summed E-state index contributed by atoms with van der Waals surface area (Å²) in [4.78, 5) is 18.4. The Hall–Kier alpha value is -2.22. The summed E-state index contributed by atoms with van der Waals surface area (Å²) in [5.74, 6) is 0.704. The van der Waals surface area contributed by atoms with E-state index in [2.05, 4.69) is 10.1 Å². The standard InChI is InChI=1S/C18H14ClN3O2S2/c1-10-6-13(7-11(2)16(10)19)24-9-12-8-15(23)22-18(20-12)26-17(21-22)14-4-3-5-25-14/h3-8H,9H2,1-2H3. The average molecular weight is 404 g/mol. The Balaban J connectivity index is 1.62. The minimum Gasteiger partial charge on any atom is -0.487 e. The number of halogens is 1. The van der Waals surface area contributed by atoms with Crippen molar-refractivity contribution < 1.29 is 4.74 Å². The first-order chi connectivity index (χ1) is 12.5. The highest BCUT2D eigenvalue weighted by Gasteiger charge is 2.12. The fraction of sp³-hybridized carbons (Fsp3) is 0.167. The van der Waals surface area contributed by atoms with Gasteiger partial charge in [-0.1, -0.05) is 29.0 Å². The van der Waals surface area contributed by atoms with Crippen LogP contribution >= 0.6 is 34.3 Å². The van der Waals surface area contributed by atoms with E-state index in [1.165, 1.54) is 21.9 Å². The Bertz CT molecular complexity index is 1130. The number of aryl methyl sites for hydroxylation is 2. The second-order valence-corrected chi connectivity index (χ2v) is 8.11. The van der Waals surface area contributed by atoms with Crippen molar-refractivity contribution in [3.05, 3.63) is 67.9 Å². The summed E-state index contributed by atoms with van der Waals surface area (Å²) in [6, 6.07) is 9.14. The van der Waals surface area contributed by atoms with Crippen LogP contribution in [0, 0.1) is 13.8 Å². The first-order valence-electron chi connectivity index (χ1n) is 7.84. The highest BCUT2D eigenvalue weighted by molar-refractivity contribution is 7.23. The number of aromatic nitrogens is 3. The maximum Gasteiger partial charge on any atom is 0.275 e. The number of hydrogen-bond acceptors (Lipinski definition) is 6. The van der Waals surface area contributed by atoms with Crippen LogP contribution in [0.3, 0.4) is 0 Å². The van der Waals surface area contributed by atoms with Gasteiger partial charge in [-0.15, -0.1) is 11.3 Å². The van der Waals surface area contributed by atoms with Crippen LogP contribution in [0.5, 0.6) is 5.75 Å². The molecule has 132 valence electrons. The fourth-order valence-corrected chi connectivity index (χ4v) is 4.40. The molecule has 0 aliphatic carbocycles. The van der Waals surface area contributed by atoms with Crippen molar-refractivity contribution in [3.63, 3.8) is 0 Å². The molecule has 1 aromatic carbocycles. The minimum absolute atomic E-state index is 0.207. The molecule has 0 aliphatic rings. The number of fused-ring (bicyclic) bond motifs is 1. The van der Waals surface area contributed by atoms with Crippen molar-refractivity contribution in [1.29, 1.82) is 0 Å². The number of nitrogens with zero attached hydrogens (tertiary/aromatic N) is 3. The maximum atomic E-state index is 12.3. The number of ether oxygens (including phenoxy) is 1. The summed E-state index contributed by atoms with van der Waals surface area (Å²) in [5.41, 5.74) is 2.26. The highest BCUT2D eigenvalue weighted by Crippen LogP contribution is 2.28. The van der Waals surface area contributed by atoms with Gasteiger partial charge in [0.25, 0.3) is 5.56 Å². The Morgan fingerprint density at radius 1 is 1.23 bits per heavy atom. The van der Waals surface area contributed by atoms with Gasteiger partial charge in [0, 0.05) is 11.1 Å². The number of benzene rings is 1. The molecule has 0 amide bonds. The first kappa shape index (κ1) is 17.2. The maximum absolute atomic E-state index is 12.3. The van der Waals surface area contributed by atoms with Crippen molar-refractivity contribution in [2.24, 2.45) is 0 Å². The molecular formula is C18H14ClN3O2S2. The van der Waals surface area contributed by atoms with Crippen molar-refractivity contribution >= 4 is 39.2 Å². The van der Waals surface area contributed by atoms with Crippen LogP contribution in [0.15, 0.2) is 40.5 Å². The van der Waals surface area contributed by atoms with Gasteiger partial charge in [0.05, 0.1) is 10.6 Å². The molecule has 0 spiro atoms. The third-order valence-corrected chi connectivity index (χ3v) is 6.37. The summed E-state index contributed by atoms with van der Waals surface area (Å²) in [7, 11) is 0. The molecule has 0 N–H and O–H groups in total. The molecule has 4 aromatic rings. The van der Waals surface area contributed by atoms with Gasteiger partial charge in [0.1, 0.15) is 12.4 Å². The van der Waals surface area contributed by atoms with E-state index in [0.717, 1.165) is 26.0 Å². The molecule has 0 bridgehead atoms. The predicted molar refractivity (Wildman–Crippen MR) is 106 cm³/mol. The molecular weight excluding hydrogens is 390 g/mol. The quantitative estimate of drug-likeness (QED) is 0.494. The van der Waals surface area contributed by atoms with E-state index in [-0.39, 0.29) is 12.2 Å². The van der Waals surface area contributed by atoms with Gasteiger partial charge in [0.15, 0.2) is 5.01 Å². The molecule has 0 radical (unpaired) electrons. The monoisotopic (exact) mass is 403 g/mol. The van der Waals surface area contributed by atoms with Crippen LogP contribution in [-0.4, -0.2) is 14.6 Å². The van der Waals surface area contributed by atoms with E-state index < -0.39 is 0 Å². The largest absolute Gasteiger partial charge is 0.487 e. The van der Waals surface area contributed by atoms with E-state index in [0.29, 0.717) is 16.4 Å². The minimum atomic E-state index is -0.212. The molecule has 0 atom stereocenters. The van der Waals surface area contributed by atoms with Crippen LogP contribution < -0.4 is 10.3 Å². The van der Waals surface area contributed by atoms with Crippen LogP contribution in [0.1, 0.15) is 16.8 Å². The lowest BCUT2D eigenvalue weighted by Crippen LogP contribution is -2.16. The predicted octanol–water partition coefficient (Wildman–Crippen LogP) is 4.73. The summed E-state index contributed by atoms with van der Waals surface area (Å²) in [6.45, 7) is 4.07. The van der Waals surface area contributed by atoms with Gasteiger partial charge >= 0.3 is 0 Å². The van der Waals surface area contributed by atoms with Gasteiger partial charge in [-0.2, -0.15) is 9.61 Å². The van der Waals surface area contributed by atoms with Gasteiger partial charge in [-0.05, 0) is 48.6 Å². The molecule has 0 fully saturated rings. The number of rotatable bonds is 4. The number of thiophene rings is 1.